The van der Waals surface area contributed by atoms with Gasteiger partial charge in [-0.25, -0.2) is 0 Å². The second-order valence-corrected chi connectivity index (χ2v) is 9.98. The molecular weight excluding hydrogens is 599 g/mol. The van der Waals surface area contributed by atoms with Crippen molar-refractivity contribution in [2.45, 2.75) is 51.3 Å². The van der Waals surface area contributed by atoms with Crippen molar-refractivity contribution in [3.8, 4) is 0 Å². The van der Waals surface area contributed by atoms with Gasteiger partial charge in [-0.2, -0.15) is 39.5 Å². The molecule has 43 heavy (non-hydrogen) atoms. The molecule has 1 aliphatic heterocycles. The van der Waals surface area contributed by atoms with Gasteiger partial charge in [0.2, 0.25) is 5.91 Å². The van der Waals surface area contributed by atoms with E-state index in [9.17, 15) is 53.9 Å². The van der Waals surface area contributed by atoms with E-state index in [1.54, 1.807) is 12.4 Å². The highest BCUT2D eigenvalue weighted by Gasteiger charge is 2.54. The summed E-state index contributed by atoms with van der Waals surface area (Å²) in [4.78, 5) is 38.4. The van der Waals surface area contributed by atoms with E-state index in [1.807, 2.05) is 26.0 Å². The SMILES string of the molecule is CC(C)[C@@H](Nc1ccc(C(F)(F)F)cc1)C(=O)NCC1CCN(c2ccncc2)CC1.O=C(C(=O)C(F)(F)F)C(F)(F)F. The molecule has 0 bridgehead atoms. The van der Waals surface area contributed by atoms with Gasteiger partial charge in [-0.1, -0.05) is 13.8 Å². The largest absolute Gasteiger partial charge is 0.458 e. The number of carbonyl (C=O) groups excluding carboxylic acids is 3. The third-order valence-corrected chi connectivity index (χ3v) is 6.41. The standard InChI is InChI=1S/C23H29F3N4O.C4F6O2/c1-16(2)21(29-19-5-3-18(4-6-19)23(24,25)26)22(31)28-15-17-9-13-30(14-10-17)20-7-11-27-12-8-20;5-3(6,7)1(11)2(12)4(8,9)10/h3-8,11-12,16-17,21,29H,9-10,13-15H2,1-2H3,(H,28,31);/t21-;/m1./s1. The molecule has 0 aliphatic carbocycles. The molecule has 3 rings (SSSR count). The molecule has 1 aromatic heterocycles. The van der Waals surface area contributed by atoms with Gasteiger partial charge in [0, 0.05) is 43.4 Å². The molecule has 0 saturated carbocycles. The first-order valence-corrected chi connectivity index (χ1v) is 12.9. The second kappa shape index (κ2) is 14.6. The summed E-state index contributed by atoms with van der Waals surface area (Å²) in [6.45, 7) is 6.29. The average Bonchev–Trinajstić information content (AvgIpc) is 2.93. The molecule has 1 aliphatic rings. The normalized spacial score (nSPS) is 15.3. The van der Waals surface area contributed by atoms with Crippen LogP contribution in [0.1, 0.15) is 32.3 Å². The van der Waals surface area contributed by atoms with Crippen LogP contribution in [0.3, 0.4) is 0 Å². The number of rotatable bonds is 8. The molecule has 0 spiro atoms. The van der Waals surface area contributed by atoms with Crippen LogP contribution in [0.15, 0.2) is 48.8 Å². The summed E-state index contributed by atoms with van der Waals surface area (Å²) in [7, 11) is 0. The van der Waals surface area contributed by atoms with E-state index in [0.717, 1.165) is 43.8 Å². The molecule has 1 aromatic carbocycles. The number of anilines is 2. The van der Waals surface area contributed by atoms with Gasteiger partial charge in [0.15, 0.2) is 0 Å². The van der Waals surface area contributed by atoms with Crippen molar-refractivity contribution in [2.24, 2.45) is 11.8 Å². The lowest BCUT2D eigenvalue weighted by molar-refractivity contribution is -0.193. The second-order valence-electron chi connectivity index (χ2n) is 9.98. The van der Waals surface area contributed by atoms with Crippen LogP contribution in [0, 0.1) is 11.8 Å². The van der Waals surface area contributed by atoms with Crippen LogP contribution in [0.2, 0.25) is 0 Å². The Morgan fingerprint density at radius 2 is 1.33 bits per heavy atom. The quantitative estimate of drug-likeness (QED) is 0.283. The summed E-state index contributed by atoms with van der Waals surface area (Å²) in [5.74, 6) is -6.56. The van der Waals surface area contributed by atoms with Crippen LogP contribution in [0.25, 0.3) is 0 Å². The molecule has 2 aromatic rings. The van der Waals surface area contributed by atoms with Gasteiger partial charge in [-0.05, 0) is 61.1 Å². The van der Waals surface area contributed by atoms with E-state index in [-0.39, 0.29) is 11.8 Å². The van der Waals surface area contributed by atoms with E-state index in [2.05, 4.69) is 20.5 Å². The molecule has 238 valence electrons. The summed E-state index contributed by atoms with van der Waals surface area (Å²) in [5.41, 5.74) is 0.951. The fourth-order valence-electron chi connectivity index (χ4n) is 4.03. The number of carbonyl (C=O) groups is 3. The molecule has 1 atom stereocenters. The smallest absolute Gasteiger partial charge is 0.373 e. The number of nitrogens with one attached hydrogen (secondary N) is 2. The first-order valence-electron chi connectivity index (χ1n) is 12.9. The summed E-state index contributed by atoms with van der Waals surface area (Å²) in [5, 5.41) is 6.11. The van der Waals surface area contributed by atoms with Gasteiger partial charge in [0.1, 0.15) is 6.04 Å². The Morgan fingerprint density at radius 3 is 1.74 bits per heavy atom. The number of hydrogen-bond donors (Lipinski definition) is 2. The Bertz CT molecular complexity index is 1180. The van der Waals surface area contributed by atoms with Crippen molar-refractivity contribution in [3.05, 3.63) is 54.4 Å². The highest BCUT2D eigenvalue weighted by Crippen LogP contribution is 2.30. The van der Waals surface area contributed by atoms with Crippen molar-refractivity contribution in [2.75, 3.05) is 29.9 Å². The topological polar surface area (TPSA) is 91.4 Å². The van der Waals surface area contributed by atoms with E-state index in [4.69, 9.17) is 0 Å². The van der Waals surface area contributed by atoms with Gasteiger partial charge < -0.3 is 15.5 Å². The lowest BCUT2D eigenvalue weighted by Gasteiger charge is -2.34. The number of piperidine rings is 1. The molecule has 7 nitrogen and oxygen atoms in total. The van der Waals surface area contributed by atoms with Crippen molar-refractivity contribution >= 4 is 28.8 Å². The third kappa shape index (κ3) is 11.1. The average molecular weight is 629 g/mol. The third-order valence-electron chi connectivity index (χ3n) is 6.41. The minimum atomic E-state index is -5.77. The molecule has 1 fully saturated rings. The zero-order valence-corrected chi connectivity index (χ0v) is 22.9. The fraction of sp³-hybridized carbons (Fsp3) is 0.481. The van der Waals surface area contributed by atoms with Gasteiger partial charge in [-0.3, -0.25) is 19.4 Å². The highest BCUT2D eigenvalue weighted by atomic mass is 19.4. The van der Waals surface area contributed by atoms with Crippen LogP contribution < -0.4 is 15.5 Å². The van der Waals surface area contributed by atoms with Crippen LogP contribution in [-0.2, 0) is 20.6 Å². The Morgan fingerprint density at radius 1 is 0.837 bits per heavy atom. The van der Waals surface area contributed by atoms with E-state index in [1.165, 1.54) is 12.1 Å². The lowest BCUT2D eigenvalue weighted by Crippen LogP contribution is -2.46. The van der Waals surface area contributed by atoms with Crippen LogP contribution in [0.5, 0.6) is 0 Å². The van der Waals surface area contributed by atoms with Gasteiger partial charge in [-0.15, -0.1) is 0 Å². The number of nitrogens with zero attached hydrogens (tertiary/aromatic N) is 2. The number of hydrogen-bond acceptors (Lipinski definition) is 6. The fourth-order valence-corrected chi connectivity index (χ4v) is 4.03. The lowest BCUT2D eigenvalue weighted by atomic mass is 9.96. The first kappa shape index (κ1) is 35.3. The minimum Gasteiger partial charge on any atom is -0.373 e. The predicted octanol–water partition coefficient (Wildman–Crippen LogP) is 5.82. The molecular formula is C27H29F9N4O3. The van der Waals surface area contributed by atoms with Crippen molar-refractivity contribution in [1.29, 1.82) is 0 Å². The molecule has 0 radical (unpaired) electrons. The minimum absolute atomic E-state index is 0.0177. The maximum absolute atomic E-state index is 12.8. The van der Waals surface area contributed by atoms with Gasteiger partial charge in [0.05, 0.1) is 5.56 Å². The van der Waals surface area contributed by atoms with Crippen LogP contribution >= 0.6 is 0 Å². The monoisotopic (exact) mass is 628 g/mol. The molecule has 2 heterocycles. The number of benzene rings is 1. The number of alkyl halides is 9. The first-order chi connectivity index (χ1) is 19.8. The zero-order valence-electron chi connectivity index (χ0n) is 22.9. The Hall–Kier alpha value is -3.85. The number of halogens is 9. The maximum atomic E-state index is 12.8. The highest BCUT2D eigenvalue weighted by molar-refractivity contribution is 6.41. The van der Waals surface area contributed by atoms with Gasteiger partial charge in [0.25, 0.3) is 0 Å². The van der Waals surface area contributed by atoms with E-state index < -0.39 is 41.7 Å². The van der Waals surface area contributed by atoms with Crippen LogP contribution in [-0.4, -0.2) is 60.5 Å². The summed E-state index contributed by atoms with van der Waals surface area (Å²) < 4.78 is 105. The Labute approximate surface area is 240 Å². The molecule has 1 saturated heterocycles. The number of pyridine rings is 1. The van der Waals surface area contributed by atoms with E-state index in [0.29, 0.717) is 18.2 Å². The van der Waals surface area contributed by atoms with E-state index >= 15 is 0 Å². The Balaban J connectivity index is 0.000000455. The maximum Gasteiger partial charge on any atom is 0.458 e. The number of amides is 1. The molecule has 1 amide bonds. The van der Waals surface area contributed by atoms with Crippen molar-refractivity contribution < 1.29 is 53.9 Å². The molecule has 16 heteroatoms. The number of Topliss-reactive ketones (excluding diaryl/α,β-unsaturated/α-hetero) is 2. The predicted molar refractivity (Wildman–Crippen MR) is 138 cm³/mol. The summed E-state index contributed by atoms with van der Waals surface area (Å²) in [6.07, 6.45) is -10.4. The summed E-state index contributed by atoms with van der Waals surface area (Å²) in [6, 6.07) is 8.25. The van der Waals surface area contributed by atoms with Crippen molar-refractivity contribution in [1.82, 2.24) is 10.3 Å². The van der Waals surface area contributed by atoms with Crippen molar-refractivity contribution in [3.63, 3.8) is 0 Å². The number of ketones is 2. The van der Waals surface area contributed by atoms with Gasteiger partial charge >= 0.3 is 30.1 Å². The number of aromatic nitrogens is 1. The Kier molecular flexibility index (Phi) is 12.0. The molecule has 0 unspecified atom stereocenters. The molecule has 2 N–H and O–H groups in total. The summed E-state index contributed by atoms with van der Waals surface area (Å²) >= 11 is 0. The van der Waals surface area contributed by atoms with Crippen LogP contribution in [0.4, 0.5) is 50.9 Å². The zero-order chi connectivity index (χ0) is 32.6.